The molecule has 19 heavy (non-hydrogen) atoms. The Morgan fingerprint density at radius 2 is 1.95 bits per heavy atom. The Morgan fingerprint density at radius 1 is 1.37 bits per heavy atom. The van der Waals surface area contributed by atoms with Crippen molar-refractivity contribution in [2.24, 2.45) is 5.73 Å². The second-order valence-electron chi connectivity index (χ2n) is 5.25. The zero-order valence-electron chi connectivity index (χ0n) is 11.0. The van der Waals surface area contributed by atoms with Gasteiger partial charge in [0.15, 0.2) is 5.01 Å². The van der Waals surface area contributed by atoms with Crippen LogP contribution in [0.4, 0.5) is 13.2 Å². The van der Waals surface area contributed by atoms with E-state index >= 15 is 0 Å². The molecule has 1 unspecified atom stereocenters. The van der Waals surface area contributed by atoms with E-state index in [9.17, 15) is 13.2 Å². The van der Waals surface area contributed by atoms with E-state index in [0.29, 0.717) is 16.2 Å². The number of alkyl halides is 3. The number of hydrogen-bond acceptors (Lipinski definition) is 4. The minimum atomic E-state index is -4.39. The predicted octanol–water partition coefficient (Wildman–Crippen LogP) is 3.04. The summed E-state index contributed by atoms with van der Waals surface area (Å²) in [6, 6.07) is -0.418. The van der Waals surface area contributed by atoms with Crippen LogP contribution < -0.4 is 5.73 Å². The zero-order valence-corrected chi connectivity index (χ0v) is 11.8. The molecular formula is C12H18F3N3S. The molecule has 2 N–H and O–H groups in total. The van der Waals surface area contributed by atoms with E-state index in [-0.39, 0.29) is 5.54 Å². The maximum Gasteiger partial charge on any atom is 0.443 e. The van der Waals surface area contributed by atoms with E-state index in [0.717, 1.165) is 25.7 Å². The maximum atomic E-state index is 12.6. The molecule has 0 spiro atoms. The normalized spacial score (nSPS) is 21.0. The molecule has 1 aromatic heterocycles. The van der Waals surface area contributed by atoms with Crippen LogP contribution in [0.5, 0.6) is 0 Å². The topological polar surface area (TPSA) is 42.1 Å². The molecule has 1 saturated carbocycles. The van der Waals surface area contributed by atoms with Gasteiger partial charge in [-0.05, 0) is 26.9 Å². The fourth-order valence-electron chi connectivity index (χ4n) is 2.85. The molecule has 1 aliphatic rings. The molecule has 0 amide bonds. The van der Waals surface area contributed by atoms with Crippen molar-refractivity contribution in [2.45, 2.75) is 43.4 Å². The van der Waals surface area contributed by atoms with Crippen LogP contribution >= 0.6 is 11.3 Å². The average Bonchev–Trinajstić information content (AvgIpc) is 2.97. The van der Waals surface area contributed by atoms with E-state index in [2.05, 4.69) is 9.88 Å². The van der Waals surface area contributed by atoms with Crippen LogP contribution in [-0.2, 0) is 6.18 Å². The van der Waals surface area contributed by atoms with Gasteiger partial charge in [0.05, 0.1) is 6.04 Å². The van der Waals surface area contributed by atoms with E-state index < -0.39 is 17.2 Å². The van der Waals surface area contributed by atoms with Crippen molar-refractivity contribution in [1.29, 1.82) is 0 Å². The van der Waals surface area contributed by atoms with Crippen molar-refractivity contribution in [2.75, 3.05) is 14.1 Å². The molecular weight excluding hydrogens is 275 g/mol. The Balaban J connectivity index is 2.28. The third-order valence-corrected chi connectivity index (χ3v) is 5.14. The molecule has 0 aliphatic heterocycles. The lowest BCUT2D eigenvalue weighted by Gasteiger charge is -2.41. The fourth-order valence-corrected chi connectivity index (χ4v) is 3.75. The van der Waals surface area contributed by atoms with Gasteiger partial charge < -0.3 is 10.6 Å². The predicted molar refractivity (Wildman–Crippen MR) is 68.9 cm³/mol. The highest BCUT2D eigenvalue weighted by Crippen LogP contribution is 2.44. The number of aromatic nitrogens is 1. The zero-order chi connectivity index (χ0) is 14.3. The molecule has 1 atom stereocenters. The first-order valence-corrected chi connectivity index (χ1v) is 7.05. The van der Waals surface area contributed by atoms with Gasteiger partial charge in [-0.25, -0.2) is 4.98 Å². The SMILES string of the molecule is CN(C)C1(C(N)c2cnc(C(F)(F)F)s2)CCCC1. The van der Waals surface area contributed by atoms with Gasteiger partial charge in [0, 0.05) is 16.6 Å². The average molecular weight is 293 g/mol. The number of hydrogen-bond donors (Lipinski definition) is 1. The highest BCUT2D eigenvalue weighted by molar-refractivity contribution is 7.11. The second kappa shape index (κ2) is 5.03. The Morgan fingerprint density at radius 3 is 2.37 bits per heavy atom. The molecule has 0 saturated heterocycles. The minimum absolute atomic E-state index is 0.241. The Hall–Kier alpha value is -0.660. The van der Waals surface area contributed by atoms with Crippen molar-refractivity contribution < 1.29 is 13.2 Å². The maximum absolute atomic E-state index is 12.6. The summed E-state index contributed by atoms with van der Waals surface area (Å²) in [6.07, 6.45) is 0.861. The Kier molecular flexibility index (Phi) is 3.90. The van der Waals surface area contributed by atoms with E-state index in [1.54, 1.807) is 0 Å². The van der Waals surface area contributed by atoms with E-state index in [4.69, 9.17) is 5.73 Å². The molecule has 0 bridgehead atoms. The fraction of sp³-hybridized carbons (Fsp3) is 0.750. The quantitative estimate of drug-likeness (QED) is 0.931. The third-order valence-electron chi connectivity index (χ3n) is 4.01. The number of halogens is 3. The summed E-state index contributed by atoms with van der Waals surface area (Å²) in [6.45, 7) is 0. The van der Waals surface area contributed by atoms with Gasteiger partial charge in [-0.2, -0.15) is 13.2 Å². The molecule has 0 aromatic carbocycles. The van der Waals surface area contributed by atoms with Crippen LogP contribution in [0.2, 0.25) is 0 Å². The van der Waals surface area contributed by atoms with Gasteiger partial charge in [-0.3, -0.25) is 0 Å². The van der Waals surface area contributed by atoms with Crippen molar-refractivity contribution in [3.63, 3.8) is 0 Å². The van der Waals surface area contributed by atoms with Gasteiger partial charge in [-0.1, -0.05) is 12.8 Å². The monoisotopic (exact) mass is 293 g/mol. The van der Waals surface area contributed by atoms with Crippen LogP contribution in [0.1, 0.15) is 41.6 Å². The number of rotatable bonds is 3. The van der Waals surface area contributed by atoms with Crippen molar-refractivity contribution in [3.05, 3.63) is 16.1 Å². The Bertz CT molecular complexity index is 436. The van der Waals surface area contributed by atoms with Gasteiger partial charge in [0.2, 0.25) is 0 Å². The van der Waals surface area contributed by atoms with Crippen molar-refractivity contribution in [3.8, 4) is 0 Å². The lowest BCUT2D eigenvalue weighted by atomic mass is 9.86. The lowest BCUT2D eigenvalue weighted by molar-refractivity contribution is -0.137. The van der Waals surface area contributed by atoms with Gasteiger partial charge >= 0.3 is 6.18 Å². The second-order valence-corrected chi connectivity index (χ2v) is 6.31. The highest BCUT2D eigenvalue weighted by Gasteiger charge is 2.44. The van der Waals surface area contributed by atoms with Gasteiger partial charge in [0.1, 0.15) is 0 Å². The van der Waals surface area contributed by atoms with Gasteiger partial charge in [0.25, 0.3) is 0 Å². The molecule has 108 valence electrons. The highest BCUT2D eigenvalue weighted by atomic mass is 32.1. The van der Waals surface area contributed by atoms with Crippen LogP contribution in [0.25, 0.3) is 0 Å². The largest absolute Gasteiger partial charge is 0.443 e. The first kappa shape index (κ1) is 14.7. The smallest absolute Gasteiger partial charge is 0.322 e. The minimum Gasteiger partial charge on any atom is -0.322 e. The summed E-state index contributed by atoms with van der Waals surface area (Å²) < 4.78 is 37.8. The number of nitrogens with zero attached hydrogens (tertiary/aromatic N) is 2. The summed E-state index contributed by atoms with van der Waals surface area (Å²) in [5.74, 6) is 0. The summed E-state index contributed by atoms with van der Waals surface area (Å²) >= 11 is 0.663. The van der Waals surface area contributed by atoms with E-state index in [1.165, 1.54) is 6.20 Å². The molecule has 7 heteroatoms. The van der Waals surface area contributed by atoms with Crippen LogP contribution in [0.15, 0.2) is 6.20 Å². The number of nitrogens with two attached hydrogens (primary N) is 1. The number of likely N-dealkylation sites (N-methyl/N-ethyl adjacent to an activating group) is 1. The van der Waals surface area contributed by atoms with Crippen molar-refractivity contribution in [1.82, 2.24) is 9.88 Å². The molecule has 0 radical (unpaired) electrons. The molecule has 3 nitrogen and oxygen atoms in total. The molecule has 1 aromatic rings. The standard InChI is InChI=1S/C12H18F3N3S/c1-18(2)11(5-3-4-6-11)9(16)8-7-17-10(19-8)12(13,14)15/h7,9H,3-6,16H2,1-2H3. The Labute approximate surface area is 114 Å². The van der Waals surface area contributed by atoms with Gasteiger partial charge in [-0.15, -0.1) is 11.3 Å². The first-order chi connectivity index (χ1) is 8.77. The van der Waals surface area contributed by atoms with Crippen LogP contribution in [0.3, 0.4) is 0 Å². The summed E-state index contributed by atoms with van der Waals surface area (Å²) in [5.41, 5.74) is 6.01. The molecule has 1 heterocycles. The van der Waals surface area contributed by atoms with Crippen LogP contribution in [0, 0.1) is 0 Å². The first-order valence-electron chi connectivity index (χ1n) is 6.23. The third kappa shape index (κ3) is 2.64. The number of thiazole rings is 1. The summed E-state index contributed by atoms with van der Waals surface area (Å²) in [5, 5.41) is -0.815. The van der Waals surface area contributed by atoms with E-state index in [1.807, 2.05) is 14.1 Å². The molecule has 1 fully saturated rings. The lowest BCUT2D eigenvalue weighted by Crippen LogP contribution is -2.50. The summed E-state index contributed by atoms with van der Waals surface area (Å²) in [7, 11) is 3.88. The molecule has 1 aliphatic carbocycles. The molecule has 2 rings (SSSR count). The summed E-state index contributed by atoms with van der Waals surface area (Å²) in [4.78, 5) is 6.04. The van der Waals surface area contributed by atoms with Crippen LogP contribution in [-0.4, -0.2) is 29.5 Å². The van der Waals surface area contributed by atoms with Crippen molar-refractivity contribution >= 4 is 11.3 Å².